The van der Waals surface area contributed by atoms with E-state index >= 15 is 0 Å². The Morgan fingerprint density at radius 2 is 1.82 bits per heavy atom. The third-order valence-corrected chi connectivity index (χ3v) is 6.23. The number of allylic oxidation sites excluding steroid dienone is 1. The molecule has 0 aliphatic carbocycles. The van der Waals surface area contributed by atoms with Gasteiger partial charge < -0.3 is 19.7 Å². The summed E-state index contributed by atoms with van der Waals surface area (Å²) in [5.74, 6) is 2.47. The number of ether oxygens (including phenoxy) is 2. The van der Waals surface area contributed by atoms with Crippen molar-refractivity contribution < 1.29 is 9.47 Å². The Hall–Kier alpha value is -2.66. The Kier molecular flexibility index (Phi) is 10.1. The van der Waals surface area contributed by atoms with Crippen molar-refractivity contribution in [1.82, 2.24) is 4.90 Å². The van der Waals surface area contributed by atoms with Crippen LogP contribution in [0.1, 0.15) is 71.5 Å². The number of likely N-dealkylation sites (tertiary alicyclic amines) is 1. The highest BCUT2D eigenvalue weighted by Crippen LogP contribution is 2.43. The van der Waals surface area contributed by atoms with Crippen LogP contribution in [-0.4, -0.2) is 37.7 Å². The molecule has 4 rings (SSSR count). The summed E-state index contributed by atoms with van der Waals surface area (Å²) in [5.41, 5.74) is 3.55. The van der Waals surface area contributed by atoms with Gasteiger partial charge in [-0.1, -0.05) is 52.3 Å². The Bertz CT molecular complexity index is 908. The number of nitrogens with zero attached hydrogens (tertiary/aromatic N) is 2. The molecule has 0 spiro atoms. The van der Waals surface area contributed by atoms with E-state index in [9.17, 15) is 0 Å². The van der Waals surface area contributed by atoms with Crippen molar-refractivity contribution in [2.75, 3.05) is 43.0 Å². The maximum Gasteiger partial charge on any atom is 0.127 e. The molecule has 2 heterocycles. The van der Waals surface area contributed by atoms with E-state index in [1.807, 2.05) is 32.9 Å². The van der Waals surface area contributed by atoms with E-state index in [0.717, 1.165) is 49.7 Å². The Labute approximate surface area is 206 Å². The molecule has 2 aliphatic rings. The summed E-state index contributed by atoms with van der Waals surface area (Å²) < 4.78 is 11.9. The largest absolute Gasteiger partial charge is 0.492 e. The molecule has 0 aromatic heterocycles. The highest BCUT2D eigenvalue weighted by Gasteiger charge is 2.30. The summed E-state index contributed by atoms with van der Waals surface area (Å²) in [4.78, 5) is 4.97. The number of hydrogen-bond donors (Lipinski definition) is 1. The van der Waals surface area contributed by atoms with Gasteiger partial charge in [0.25, 0.3) is 0 Å². The summed E-state index contributed by atoms with van der Waals surface area (Å²) in [6.07, 6.45) is 6.37. The third kappa shape index (κ3) is 6.92. The summed E-state index contributed by atoms with van der Waals surface area (Å²) in [5, 5.41) is 3.71. The number of rotatable bonds is 10. The van der Waals surface area contributed by atoms with Gasteiger partial charge in [0.1, 0.15) is 24.3 Å². The van der Waals surface area contributed by atoms with Gasteiger partial charge in [0.15, 0.2) is 0 Å². The molecule has 186 valence electrons. The SMILES string of the molecule is C=C(C)Oc1cccc(C2Nc3ccc(OCCN4CCCCC4)cc3N2CCCC)c1.CC. The Morgan fingerprint density at radius 1 is 1.03 bits per heavy atom. The Morgan fingerprint density at radius 3 is 2.56 bits per heavy atom. The van der Waals surface area contributed by atoms with Crippen molar-refractivity contribution in [1.29, 1.82) is 0 Å². The number of unbranched alkanes of at least 4 members (excludes halogenated alkanes) is 1. The van der Waals surface area contributed by atoms with Gasteiger partial charge in [-0.15, -0.1) is 0 Å². The topological polar surface area (TPSA) is 37.0 Å². The first-order valence-corrected chi connectivity index (χ1v) is 13.1. The van der Waals surface area contributed by atoms with Crippen LogP contribution < -0.4 is 19.7 Å². The van der Waals surface area contributed by atoms with Crippen LogP contribution in [0, 0.1) is 0 Å². The molecule has 2 aromatic rings. The maximum absolute atomic E-state index is 6.16. The first-order chi connectivity index (χ1) is 16.6. The molecule has 5 heteroatoms. The molecule has 0 radical (unpaired) electrons. The first kappa shape index (κ1) is 26.0. The lowest BCUT2D eigenvalue weighted by atomic mass is 10.1. The second-order valence-corrected chi connectivity index (χ2v) is 8.90. The van der Waals surface area contributed by atoms with Crippen molar-refractivity contribution in [3.8, 4) is 11.5 Å². The average molecular weight is 466 g/mol. The minimum atomic E-state index is 0.0776. The van der Waals surface area contributed by atoms with E-state index in [4.69, 9.17) is 9.47 Å². The summed E-state index contributed by atoms with van der Waals surface area (Å²) in [6.45, 7) is 17.1. The second kappa shape index (κ2) is 13.3. The molecular formula is C29H43N3O2. The normalized spacial score (nSPS) is 17.3. The number of anilines is 2. The molecule has 1 unspecified atom stereocenters. The minimum absolute atomic E-state index is 0.0776. The van der Waals surface area contributed by atoms with Crippen molar-refractivity contribution in [3.05, 3.63) is 60.4 Å². The van der Waals surface area contributed by atoms with Gasteiger partial charge in [0.2, 0.25) is 0 Å². The Balaban J connectivity index is 0.00000158. The van der Waals surface area contributed by atoms with E-state index in [1.54, 1.807) is 0 Å². The fraction of sp³-hybridized carbons (Fsp3) is 0.517. The molecule has 1 fully saturated rings. The number of nitrogens with one attached hydrogen (secondary N) is 1. The van der Waals surface area contributed by atoms with E-state index in [2.05, 4.69) is 59.0 Å². The first-order valence-electron chi connectivity index (χ1n) is 13.1. The predicted octanol–water partition coefficient (Wildman–Crippen LogP) is 7.22. The van der Waals surface area contributed by atoms with Crippen LogP contribution in [-0.2, 0) is 0 Å². The monoisotopic (exact) mass is 465 g/mol. The highest BCUT2D eigenvalue weighted by atomic mass is 16.5. The lowest BCUT2D eigenvalue weighted by molar-refractivity contribution is 0.183. The molecule has 1 N–H and O–H groups in total. The van der Waals surface area contributed by atoms with Gasteiger partial charge in [-0.2, -0.15) is 0 Å². The highest BCUT2D eigenvalue weighted by molar-refractivity contribution is 5.78. The molecule has 0 saturated carbocycles. The minimum Gasteiger partial charge on any atom is -0.492 e. The second-order valence-electron chi connectivity index (χ2n) is 8.90. The lowest BCUT2D eigenvalue weighted by Gasteiger charge is -2.28. The molecule has 5 nitrogen and oxygen atoms in total. The molecule has 34 heavy (non-hydrogen) atoms. The lowest BCUT2D eigenvalue weighted by Crippen LogP contribution is -2.33. The molecule has 1 atom stereocenters. The molecule has 2 aromatic carbocycles. The van der Waals surface area contributed by atoms with Gasteiger partial charge in [0.05, 0.1) is 17.1 Å². The van der Waals surface area contributed by atoms with Crippen LogP contribution in [0.25, 0.3) is 0 Å². The predicted molar refractivity (Wildman–Crippen MR) is 144 cm³/mol. The number of piperidine rings is 1. The van der Waals surface area contributed by atoms with Crippen molar-refractivity contribution >= 4 is 11.4 Å². The maximum atomic E-state index is 6.16. The van der Waals surface area contributed by atoms with Gasteiger partial charge >= 0.3 is 0 Å². The van der Waals surface area contributed by atoms with E-state index in [-0.39, 0.29) is 6.17 Å². The van der Waals surface area contributed by atoms with Crippen LogP contribution in [0.3, 0.4) is 0 Å². The van der Waals surface area contributed by atoms with Gasteiger partial charge in [-0.25, -0.2) is 0 Å². The third-order valence-electron chi connectivity index (χ3n) is 6.23. The number of fused-ring (bicyclic) bond motifs is 1. The smallest absolute Gasteiger partial charge is 0.127 e. The average Bonchev–Trinajstić information content (AvgIpc) is 3.22. The zero-order valence-electron chi connectivity index (χ0n) is 21.6. The quantitative estimate of drug-likeness (QED) is 0.375. The molecule has 0 bridgehead atoms. The fourth-order valence-corrected chi connectivity index (χ4v) is 4.59. The summed E-state index contributed by atoms with van der Waals surface area (Å²) in [7, 11) is 0. The van der Waals surface area contributed by atoms with Gasteiger partial charge in [0, 0.05) is 19.2 Å². The molecule has 1 saturated heterocycles. The zero-order chi connectivity index (χ0) is 24.3. The number of hydrogen-bond acceptors (Lipinski definition) is 5. The fourth-order valence-electron chi connectivity index (χ4n) is 4.59. The van der Waals surface area contributed by atoms with Crippen LogP contribution in [0.2, 0.25) is 0 Å². The van der Waals surface area contributed by atoms with Crippen LogP contribution in [0.5, 0.6) is 11.5 Å². The summed E-state index contributed by atoms with van der Waals surface area (Å²) >= 11 is 0. The van der Waals surface area contributed by atoms with Crippen molar-refractivity contribution in [3.63, 3.8) is 0 Å². The number of benzene rings is 2. The van der Waals surface area contributed by atoms with Crippen molar-refractivity contribution in [2.45, 2.75) is 66.0 Å². The van der Waals surface area contributed by atoms with Crippen molar-refractivity contribution in [2.24, 2.45) is 0 Å². The van der Waals surface area contributed by atoms with Gasteiger partial charge in [-0.05, 0) is 69.1 Å². The molecule has 2 aliphatic heterocycles. The van der Waals surface area contributed by atoms with Crippen LogP contribution in [0.15, 0.2) is 54.8 Å². The summed E-state index contributed by atoms with van der Waals surface area (Å²) in [6, 6.07) is 14.7. The zero-order valence-corrected chi connectivity index (χ0v) is 21.6. The molecule has 0 amide bonds. The van der Waals surface area contributed by atoms with E-state index in [1.165, 1.54) is 43.6 Å². The van der Waals surface area contributed by atoms with Gasteiger partial charge in [-0.3, -0.25) is 4.90 Å². The van der Waals surface area contributed by atoms with E-state index < -0.39 is 0 Å². The van der Waals surface area contributed by atoms with E-state index in [0.29, 0.717) is 5.76 Å². The molecular weight excluding hydrogens is 422 g/mol. The standard InChI is InChI=1S/C27H37N3O2.C2H6/c1-4-5-16-30-26-20-23(31-18-17-29-14-7-6-8-15-29)12-13-25(26)28-27(30)22-10-9-11-24(19-22)32-21(2)3;1-2/h9-13,19-20,27-28H,2,4-8,14-18H2,1,3H3;1-2H3. The van der Waals surface area contributed by atoms with Crippen LogP contribution >= 0.6 is 0 Å². The van der Waals surface area contributed by atoms with Crippen LogP contribution in [0.4, 0.5) is 11.4 Å².